The van der Waals surface area contributed by atoms with Crippen molar-refractivity contribution in [1.29, 1.82) is 0 Å². The van der Waals surface area contributed by atoms with Gasteiger partial charge in [-0.2, -0.15) is 0 Å². The minimum atomic E-state index is -0.148. The Bertz CT molecular complexity index is 335. The summed E-state index contributed by atoms with van der Waals surface area (Å²) in [6.07, 6.45) is 0. The van der Waals surface area contributed by atoms with Crippen LogP contribution in [0.1, 0.15) is 13.8 Å². The fraction of sp³-hybridized carbons (Fsp3) is 0.364. The zero-order valence-electron chi connectivity index (χ0n) is 9.03. The first-order chi connectivity index (χ1) is 7.17. The quantitative estimate of drug-likeness (QED) is 0.800. The Kier molecular flexibility index (Phi) is 3.97. The molecule has 0 aromatic heterocycles. The third-order valence-corrected chi connectivity index (χ3v) is 2.15. The van der Waals surface area contributed by atoms with Crippen molar-refractivity contribution in [1.82, 2.24) is 4.90 Å². The van der Waals surface area contributed by atoms with Gasteiger partial charge in [0.05, 0.1) is 0 Å². The van der Waals surface area contributed by atoms with Crippen molar-refractivity contribution in [2.24, 2.45) is 0 Å². The molecule has 0 spiro atoms. The second-order valence-electron chi connectivity index (χ2n) is 3.15. The Balaban J connectivity index is 2.65. The van der Waals surface area contributed by atoms with E-state index in [9.17, 15) is 9.90 Å². The summed E-state index contributed by atoms with van der Waals surface area (Å²) in [6, 6.07) is 6.36. The standard InChI is InChI=1S/C11H16N2O2/c1-3-13(4-2)11(15)12-9-6-5-7-10(14)8-9/h5-8,14H,3-4H2,1-2H3,(H,12,15). The number of urea groups is 1. The average Bonchev–Trinajstić information content (AvgIpc) is 2.19. The van der Waals surface area contributed by atoms with Crippen molar-refractivity contribution < 1.29 is 9.90 Å². The lowest BCUT2D eigenvalue weighted by Gasteiger charge is -2.19. The normalized spacial score (nSPS) is 9.73. The summed E-state index contributed by atoms with van der Waals surface area (Å²) < 4.78 is 0. The number of hydrogen-bond donors (Lipinski definition) is 2. The monoisotopic (exact) mass is 208 g/mol. The van der Waals surface area contributed by atoms with Gasteiger partial charge in [-0.3, -0.25) is 0 Å². The summed E-state index contributed by atoms with van der Waals surface area (Å²) in [5.74, 6) is 0.146. The summed E-state index contributed by atoms with van der Waals surface area (Å²) in [6.45, 7) is 5.18. The number of phenolic OH excluding ortho intramolecular Hbond substituents is 1. The van der Waals surface area contributed by atoms with E-state index in [1.165, 1.54) is 6.07 Å². The van der Waals surface area contributed by atoms with Crippen molar-refractivity contribution in [3.05, 3.63) is 24.3 Å². The number of carbonyl (C=O) groups excluding carboxylic acids is 1. The maximum Gasteiger partial charge on any atom is 0.321 e. The van der Waals surface area contributed by atoms with Crippen LogP contribution in [-0.2, 0) is 0 Å². The summed E-state index contributed by atoms with van der Waals surface area (Å²) in [7, 11) is 0. The molecule has 1 aromatic carbocycles. The molecule has 4 nitrogen and oxygen atoms in total. The van der Waals surface area contributed by atoms with Gasteiger partial charge in [-0.05, 0) is 26.0 Å². The molecule has 0 saturated heterocycles. The van der Waals surface area contributed by atoms with E-state index in [0.29, 0.717) is 18.8 Å². The van der Waals surface area contributed by atoms with Gasteiger partial charge in [0.1, 0.15) is 5.75 Å². The second-order valence-corrected chi connectivity index (χ2v) is 3.15. The van der Waals surface area contributed by atoms with E-state index in [1.807, 2.05) is 13.8 Å². The Hall–Kier alpha value is -1.71. The molecule has 0 aliphatic rings. The van der Waals surface area contributed by atoms with E-state index < -0.39 is 0 Å². The first-order valence-corrected chi connectivity index (χ1v) is 5.02. The van der Waals surface area contributed by atoms with Gasteiger partial charge in [0, 0.05) is 24.8 Å². The van der Waals surface area contributed by atoms with Crippen molar-refractivity contribution >= 4 is 11.7 Å². The number of nitrogens with zero attached hydrogens (tertiary/aromatic N) is 1. The fourth-order valence-electron chi connectivity index (χ4n) is 1.30. The summed E-state index contributed by atoms with van der Waals surface area (Å²) in [5, 5.41) is 11.9. The van der Waals surface area contributed by atoms with E-state index >= 15 is 0 Å². The minimum absolute atomic E-state index is 0.146. The molecular formula is C11H16N2O2. The summed E-state index contributed by atoms with van der Waals surface area (Å²) >= 11 is 0. The van der Waals surface area contributed by atoms with Crippen molar-refractivity contribution in [3.8, 4) is 5.75 Å². The van der Waals surface area contributed by atoms with Gasteiger partial charge in [0.15, 0.2) is 0 Å². The molecule has 0 heterocycles. The molecular weight excluding hydrogens is 192 g/mol. The van der Waals surface area contributed by atoms with Crippen molar-refractivity contribution in [3.63, 3.8) is 0 Å². The number of nitrogens with one attached hydrogen (secondary N) is 1. The Morgan fingerprint density at radius 2 is 2.07 bits per heavy atom. The number of anilines is 1. The zero-order valence-corrected chi connectivity index (χ0v) is 9.03. The largest absolute Gasteiger partial charge is 0.508 e. The number of hydrogen-bond acceptors (Lipinski definition) is 2. The Labute approximate surface area is 89.5 Å². The van der Waals surface area contributed by atoms with Gasteiger partial charge in [-0.1, -0.05) is 6.07 Å². The first-order valence-electron chi connectivity index (χ1n) is 5.02. The smallest absolute Gasteiger partial charge is 0.321 e. The number of amides is 2. The minimum Gasteiger partial charge on any atom is -0.508 e. The average molecular weight is 208 g/mol. The highest BCUT2D eigenvalue weighted by molar-refractivity contribution is 5.89. The SMILES string of the molecule is CCN(CC)C(=O)Nc1cccc(O)c1. The molecule has 0 saturated carbocycles. The van der Waals surface area contributed by atoms with Gasteiger partial charge in [0.2, 0.25) is 0 Å². The van der Waals surface area contributed by atoms with Crippen LogP contribution >= 0.6 is 0 Å². The lowest BCUT2D eigenvalue weighted by atomic mass is 10.3. The highest BCUT2D eigenvalue weighted by Crippen LogP contribution is 2.15. The lowest BCUT2D eigenvalue weighted by Crippen LogP contribution is -2.34. The van der Waals surface area contributed by atoms with Crippen LogP contribution in [0.4, 0.5) is 10.5 Å². The maximum absolute atomic E-state index is 11.6. The van der Waals surface area contributed by atoms with Gasteiger partial charge in [-0.25, -0.2) is 4.79 Å². The molecule has 0 radical (unpaired) electrons. The van der Waals surface area contributed by atoms with Crippen LogP contribution in [0.25, 0.3) is 0 Å². The van der Waals surface area contributed by atoms with Gasteiger partial charge < -0.3 is 15.3 Å². The Morgan fingerprint density at radius 1 is 1.40 bits per heavy atom. The molecule has 0 bridgehead atoms. The van der Waals surface area contributed by atoms with Crippen LogP contribution in [-0.4, -0.2) is 29.1 Å². The molecule has 82 valence electrons. The van der Waals surface area contributed by atoms with Gasteiger partial charge in [-0.15, -0.1) is 0 Å². The highest BCUT2D eigenvalue weighted by atomic mass is 16.3. The summed E-state index contributed by atoms with van der Waals surface area (Å²) in [5.41, 5.74) is 0.604. The van der Waals surface area contributed by atoms with E-state index in [0.717, 1.165) is 0 Å². The third kappa shape index (κ3) is 3.16. The van der Waals surface area contributed by atoms with Crippen LogP contribution < -0.4 is 5.32 Å². The number of rotatable bonds is 3. The second kappa shape index (κ2) is 5.24. The Morgan fingerprint density at radius 3 is 2.60 bits per heavy atom. The van der Waals surface area contributed by atoms with Crippen LogP contribution in [0.15, 0.2) is 24.3 Å². The third-order valence-electron chi connectivity index (χ3n) is 2.15. The van der Waals surface area contributed by atoms with Gasteiger partial charge >= 0.3 is 6.03 Å². The van der Waals surface area contributed by atoms with E-state index in [2.05, 4.69) is 5.32 Å². The molecule has 0 fully saturated rings. The molecule has 4 heteroatoms. The molecule has 0 aliphatic heterocycles. The number of phenols is 1. The molecule has 1 aromatic rings. The van der Waals surface area contributed by atoms with E-state index in [4.69, 9.17) is 0 Å². The van der Waals surface area contributed by atoms with Crippen LogP contribution in [0.2, 0.25) is 0 Å². The van der Waals surface area contributed by atoms with E-state index in [-0.39, 0.29) is 11.8 Å². The number of carbonyl (C=O) groups is 1. The fourth-order valence-corrected chi connectivity index (χ4v) is 1.30. The molecule has 15 heavy (non-hydrogen) atoms. The highest BCUT2D eigenvalue weighted by Gasteiger charge is 2.08. The van der Waals surface area contributed by atoms with Crippen molar-refractivity contribution in [2.75, 3.05) is 18.4 Å². The van der Waals surface area contributed by atoms with Crippen LogP contribution in [0.3, 0.4) is 0 Å². The van der Waals surface area contributed by atoms with Crippen LogP contribution in [0, 0.1) is 0 Å². The lowest BCUT2D eigenvalue weighted by molar-refractivity contribution is 0.217. The maximum atomic E-state index is 11.6. The molecule has 0 aliphatic carbocycles. The topological polar surface area (TPSA) is 52.6 Å². The molecule has 1 rings (SSSR count). The predicted molar refractivity (Wildman–Crippen MR) is 60.0 cm³/mol. The molecule has 0 unspecified atom stereocenters. The molecule has 2 amide bonds. The number of aromatic hydroxyl groups is 1. The molecule has 2 N–H and O–H groups in total. The predicted octanol–water partition coefficient (Wildman–Crippen LogP) is 2.27. The van der Waals surface area contributed by atoms with Crippen molar-refractivity contribution in [2.45, 2.75) is 13.8 Å². The van der Waals surface area contributed by atoms with E-state index in [1.54, 1.807) is 23.1 Å². The van der Waals surface area contributed by atoms with Gasteiger partial charge in [0.25, 0.3) is 0 Å². The zero-order chi connectivity index (χ0) is 11.3. The first kappa shape index (κ1) is 11.4. The number of benzene rings is 1. The summed E-state index contributed by atoms with van der Waals surface area (Å²) in [4.78, 5) is 13.3. The molecule has 0 atom stereocenters. The van der Waals surface area contributed by atoms with Crippen LogP contribution in [0.5, 0.6) is 5.75 Å².